The molecule has 122 valence electrons. The fourth-order valence-electron chi connectivity index (χ4n) is 2.00. The summed E-state index contributed by atoms with van der Waals surface area (Å²) in [7, 11) is 2.85. The highest BCUT2D eigenvalue weighted by molar-refractivity contribution is 6.01. The van der Waals surface area contributed by atoms with Gasteiger partial charge < -0.3 is 14.5 Å². The van der Waals surface area contributed by atoms with Crippen LogP contribution in [0.4, 0.5) is 5.69 Å². The number of nitrogens with one attached hydrogen (secondary N) is 1. The Hall–Kier alpha value is -3.60. The van der Waals surface area contributed by atoms with Crippen LogP contribution in [-0.2, 0) is 4.79 Å². The molecule has 0 saturated heterocycles. The van der Waals surface area contributed by atoms with Crippen molar-refractivity contribution in [1.82, 2.24) is 5.32 Å². The number of amides is 1. The maximum Gasteiger partial charge on any atom is 0.270 e. The first-order chi connectivity index (χ1) is 11.5. The molecule has 1 N–H and O–H groups in total. The number of hydrogen-bond donors (Lipinski definition) is 1. The molecule has 2 rings (SSSR count). The van der Waals surface area contributed by atoms with Crippen molar-refractivity contribution in [2.45, 2.75) is 0 Å². The van der Waals surface area contributed by atoms with Crippen molar-refractivity contribution in [3.8, 4) is 23.1 Å². The van der Waals surface area contributed by atoms with Gasteiger partial charge in [-0.05, 0) is 18.2 Å². The number of hydrogen-bond acceptors (Lipinski definition) is 6. The number of non-ortho nitro benzene ring substituents is 1. The Kier molecular flexibility index (Phi) is 4.96. The second-order valence-corrected chi connectivity index (χ2v) is 4.59. The summed E-state index contributed by atoms with van der Waals surface area (Å²) in [5, 5.41) is 22.2. The van der Waals surface area contributed by atoms with Gasteiger partial charge in [-0.1, -0.05) is 0 Å². The Morgan fingerprint density at radius 3 is 2.75 bits per heavy atom. The van der Waals surface area contributed by atoms with E-state index in [-0.39, 0.29) is 17.0 Å². The van der Waals surface area contributed by atoms with E-state index in [4.69, 9.17) is 14.4 Å². The zero-order chi connectivity index (χ0) is 17.7. The van der Waals surface area contributed by atoms with Gasteiger partial charge in [0.25, 0.3) is 11.6 Å². The van der Waals surface area contributed by atoms with E-state index in [2.05, 4.69) is 5.32 Å². The molecule has 0 radical (unpaired) electrons. The molecule has 1 amide bonds. The van der Waals surface area contributed by atoms with Gasteiger partial charge in [0, 0.05) is 25.3 Å². The number of carbonyl (C=O) groups is 1. The first-order valence-electron chi connectivity index (χ1n) is 6.76. The second kappa shape index (κ2) is 7.11. The number of rotatable bonds is 5. The lowest BCUT2D eigenvalue weighted by molar-refractivity contribution is -0.384. The summed E-state index contributed by atoms with van der Waals surface area (Å²) in [6, 6.07) is 9.02. The van der Waals surface area contributed by atoms with Crippen molar-refractivity contribution < 1.29 is 18.9 Å². The van der Waals surface area contributed by atoms with E-state index in [0.717, 1.165) is 0 Å². The van der Waals surface area contributed by atoms with Gasteiger partial charge in [0.1, 0.15) is 28.9 Å². The molecule has 0 saturated carbocycles. The van der Waals surface area contributed by atoms with E-state index < -0.39 is 10.8 Å². The van der Waals surface area contributed by atoms with Crippen molar-refractivity contribution in [3.63, 3.8) is 0 Å². The minimum atomic E-state index is -0.539. The molecule has 0 aliphatic carbocycles. The van der Waals surface area contributed by atoms with Gasteiger partial charge in [-0.15, -0.1) is 0 Å². The van der Waals surface area contributed by atoms with E-state index in [1.807, 2.05) is 0 Å². The summed E-state index contributed by atoms with van der Waals surface area (Å²) < 4.78 is 10.8. The molecule has 0 aliphatic heterocycles. The molecule has 0 atom stereocenters. The standard InChI is InChI=1S/C16H13N3O5/c1-18-16(20)10(9-17)7-12-4-6-15(24-12)13-8-11(19(21)22)3-5-14(13)23-2/h3-8H,1-2H3,(H,18,20). The van der Waals surface area contributed by atoms with Crippen LogP contribution >= 0.6 is 0 Å². The Balaban J connectivity index is 2.46. The number of likely N-dealkylation sites (N-methyl/N-ethyl adjacent to an activating group) is 1. The summed E-state index contributed by atoms with van der Waals surface area (Å²) in [6.45, 7) is 0. The topological polar surface area (TPSA) is 118 Å². The zero-order valence-corrected chi connectivity index (χ0v) is 12.9. The van der Waals surface area contributed by atoms with Crippen LogP contribution in [0.3, 0.4) is 0 Å². The average Bonchev–Trinajstić information content (AvgIpc) is 3.06. The van der Waals surface area contributed by atoms with Crippen LogP contribution in [-0.4, -0.2) is 25.0 Å². The molecular weight excluding hydrogens is 314 g/mol. The molecule has 1 heterocycles. The molecule has 0 unspecified atom stereocenters. The van der Waals surface area contributed by atoms with Gasteiger partial charge in [0.15, 0.2) is 0 Å². The molecule has 0 bridgehead atoms. The van der Waals surface area contributed by atoms with Gasteiger partial charge in [-0.2, -0.15) is 5.26 Å². The number of nitro benzene ring substituents is 1. The minimum absolute atomic E-state index is 0.109. The first kappa shape index (κ1) is 16.8. The third kappa shape index (κ3) is 3.41. The van der Waals surface area contributed by atoms with Gasteiger partial charge in [-0.3, -0.25) is 14.9 Å². The third-order valence-corrected chi connectivity index (χ3v) is 3.16. The fourth-order valence-corrected chi connectivity index (χ4v) is 2.00. The van der Waals surface area contributed by atoms with Gasteiger partial charge >= 0.3 is 0 Å². The molecule has 0 aliphatic rings. The lowest BCUT2D eigenvalue weighted by atomic mass is 10.1. The van der Waals surface area contributed by atoms with Crippen molar-refractivity contribution in [2.24, 2.45) is 0 Å². The largest absolute Gasteiger partial charge is 0.496 e. The van der Waals surface area contributed by atoms with Gasteiger partial charge in [-0.25, -0.2) is 0 Å². The maximum absolute atomic E-state index is 11.5. The Morgan fingerprint density at radius 2 is 2.17 bits per heavy atom. The fraction of sp³-hybridized carbons (Fsp3) is 0.125. The molecular formula is C16H13N3O5. The summed E-state index contributed by atoms with van der Waals surface area (Å²) in [5.41, 5.74) is 0.163. The number of benzene rings is 1. The number of carbonyl (C=O) groups excluding carboxylic acids is 1. The van der Waals surface area contributed by atoms with Gasteiger partial charge in [0.2, 0.25) is 0 Å². The highest BCUT2D eigenvalue weighted by atomic mass is 16.6. The normalized spacial score (nSPS) is 10.8. The molecule has 1 aromatic carbocycles. The molecule has 8 heteroatoms. The zero-order valence-electron chi connectivity index (χ0n) is 12.9. The van der Waals surface area contributed by atoms with Crippen LogP contribution in [0.1, 0.15) is 5.76 Å². The predicted octanol–water partition coefficient (Wildman–Crippen LogP) is 2.52. The second-order valence-electron chi connectivity index (χ2n) is 4.59. The molecule has 8 nitrogen and oxygen atoms in total. The Bertz CT molecular complexity index is 861. The molecule has 0 spiro atoms. The van der Waals surface area contributed by atoms with E-state index in [9.17, 15) is 14.9 Å². The van der Waals surface area contributed by atoms with Crippen LogP contribution in [0.5, 0.6) is 5.75 Å². The summed E-state index contributed by atoms with van der Waals surface area (Å²) in [4.78, 5) is 21.9. The van der Waals surface area contributed by atoms with E-state index in [0.29, 0.717) is 17.1 Å². The Morgan fingerprint density at radius 1 is 1.42 bits per heavy atom. The van der Waals surface area contributed by atoms with Crippen molar-refractivity contribution in [2.75, 3.05) is 14.2 Å². The lowest BCUT2D eigenvalue weighted by Gasteiger charge is -2.05. The number of nitriles is 1. The molecule has 0 fully saturated rings. The molecule has 1 aromatic heterocycles. The highest BCUT2D eigenvalue weighted by Crippen LogP contribution is 2.34. The number of methoxy groups -OCH3 is 1. The SMILES string of the molecule is CNC(=O)C(C#N)=Cc1ccc(-c2cc([N+](=O)[O-])ccc2OC)o1. The minimum Gasteiger partial charge on any atom is -0.496 e. The number of ether oxygens (including phenoxy) is 1. The van der Waals surface area contributed by atoms with Crippen molar-refractivity contribution in [3.05, 3.63) is 51.8 Å². The van der Waals surface area contributed by atoms with Crippen LogP contribution in [0.2, 0.25) is 0 Å². The van der Waals surface area contributed by atoms with Crippen LogP contribution in [0, 0.1) is 21.4 Å². The predicted molar refractivity (Wildman–Crippen MR) is 85.0 cm³/mol. The third-order valence-electron chi connectivity index (χ3n) is 3.16. The number of nitrogens with zero attached hydrogens (tertiary/aromatic N) is 2. The smallest absolute Gasteiger partial charge is 0.270 e. The van der Waals surface area contributed by atoms with Crippen LogP contribution < -0.4 is 10.1 Å². The first-order valence-corrected chi connectivity index (χ1v) is 6.76. The summed E-state index contributed by atoms with van der Waals surface area (Å²) in [5.74, 6) is 0.440. The Labute approximate surface area is 137 Å². The molecule has 24 heavy (non-hydrogen) atoms. The monoisotopic (exact) mass is 327 g/mol. The number of furan rings is 1. The maximum atomic E-state index is 11.5. The van der Waals surface area contributed by atoms with Crippen molar-refractivity contribution >= 4 is 17.7 Å². The van der Waals surface area contributed by atoms with E-state index >= 15 is 0 Å². The van der Waals surface area contributed by atoms with Gasteiger partial charge in [0.05, 0.1) is 17.6 Å². The van der Waals surface area contributed by atoms with E-state index in [1.54, 1.807) is 18.2 Å². The number of nitro groups is 1. The highest BCUT2D eigenvalue weighted by Gasteiger charge is 2.16. The summed E-state index contributed by atoms with van der Waals surface area (Å²) >= 11 is 0. The molecule has 2 aromatic rings. The lowest BCUT2D eigenvalue weighted by Crippen LogP contribution is -2.18. The summed E-state index contributed by atoms with van der Waals surface area (Å²) in [6.07, 6.45) is 1.28. The van der Waals surface area contributed by atoms with Crippen molar-refractivity contribution in [1.29, 1.82) is 5.26 Å². The van der Waals surface area contributed by atoms with E-state index in [1.165, 1.54) is 38.4 Å². The average molecular weight is 327 g/mol. The van der Waals surface area contributed by atoms with Crippen LogP contribution in [0.15, 0.2) is 40.3 Å². The quantitative estimate of drug-likeness (QED) is 0.390. The van der Waals surface area contributed by atoms with Crippen LogP contribution in [0.25, 0.3) is 17.4 Å².